The van der Waals surface area contributed by atoms with Gasteiger partial charge in [-0.3, -0.25) is 0 Å². The highest BCUT2D eigenvalue weighted by Gasteiger charge is 2.45. The molecule has 3 aromatic rings. The molecule has 30 heavy (non-hydrogen) atoms. The van der Waals surface area contributed by atoms with Crippen LogP contribution in [0.1, 0.15) is 23.6 Å². The van der Waals surface area contributed by atoms with E-state index in [1.165, 1.54) is 6.33 Å². The summed E-state index contributed by atoms with van der Waals surface area (Å²) in [4.78, 5) is 8.34. The van der Waals surface area contributed by atoms with Gasteiger partial charge in [0, 0.05) is 34.2 Å². The van der Waals surface area contributed by atoms with Crippen molar-refractivity contribution < 1.29 is 14.9 Å². The van der Waals surface area contributed by atoms with E-state index in [1.54, 1.807) is 12.3 Å². The third-order valence-corrected chi connectivity index (χ3v) is 7.00. The van der Waals surface area contributed by atoms with E-state index < -0.39 is 24.4 Å². The summed E-state index contributed by atoms with van der Waals surface area (Å²) in [5, 5.41) is 26.5. The number of ether oxygens (including phenoxy) is 1. The summed E-state index contributed by atoms with van der Waals surface area (Å²) in [6.07, 6.45) is 1.77. The molecule has 0 amide bonds. The normalized spacial score (nSPS) is 26.2. The number of nitrogens with zero attached hydrogens (tertiary/aromatic N) is 3. The highest BCUT2D eigenvalue weighted by molar-refractivity contribution is 9.10. The average Bonchev–Trinajstić information content (AvgIpc) is 3.20. The second kappa shape index (κ2) is 7.93. The fraction of sp³-hybridized carbons (Fsp3) is 0.400. The highest BCUT2D eigenvalue weighted by Crippen LogP contribution is 2.40. The van der Waals surface area contributed by atoms with Crippen molar-refractivity contribution in [1.82, 2.24) is 19.9 Å². The van der Waals surface area contributed by atoms with Crippen molar-refractivity contribution in [2.45, 2.75) is 43.7 Å². The lowest BCUT2D eigenvalue weighted by atomic mass is 10.00. The molecule has 1 saturated carbocycles. The Labute approximate surface area is 191 Å². The minimum atomic E-state index is -1.06. The number of fused-ring (bicyclic) bond motifs is 2. The topological polar surface area (TPSA) is 92.4 Å². The van der Waals surface area contributed by atoms with Gasteiger partial charge in [-0.25, -0.2) is 9.97 Å². The van der Waals surface area contributed by atoms with E-state index in [9.17, 15) is 10.2 Å². The predicted molar refractivity (Wildman–Crippen MR) is 117 cm³/mol. The van der Waals surface area contributed by atoms with Gasteiger partial charge < -0.3 is 24.8 Å². The summed E-state index contributed by atoms with van der Waals surface area (Å²) in [5.74, 6) is 0.644. The summed E-state index contributed by atoms with van der Waals surface area (Å²) in [5.41, 5.74) is 2.78. The maximum absolute atomic E-state index is 10.8. The molecule has 3 heterocycles. The van der Waals surface area contributed by atoms with E-state index in [0.717, 1.165) is 28.6 Å². The van der Waals surface area contributed by atoms with E-state index in [-0.39, 0.29) is 0 Å². The Hall–Kier alpha value is -1.42. The molecule has 0 spiro atoms. The Morgan fingerprint density at radius 1 is 1.20 bits per heavy atom. The van der Waals surface area contributed by atoms with Crippen molar-refractivity contribution in [3.63, 3.8) is 0 Å². The first-order valence-corrected chi connectivity index (χ1v) is 11.2. The number of hydrogen-bond donors (Lipinski definition) is 3. The third kappa shape index (κ3) is 3.39. The molecule has 2 aliphatic rings. The maximum atomic E-state index is 10.8. The van der Waals surface area contributed by atoms with Gasteiger partial charge in [-0.15, -0.1) is 0 Å². The van der Waals surface area contributed by atoms with Crippen LogP contribution >= 0.6 is 39.1 Å². The molecule has 2 aromatic heterocycles. The zero-order valence-electron chi connectivity index (χ0n) is 15.7. The summed E-state index contributed by atoms with van der Waals surface area (Å²) >= 11 is 16.0. The van der Waals surface area contributed by atoms with Crippen molar-refractivity contribution in [2.24, 2.45) is 0 Å². The number of nitrogens with one attached hydrogen (secondary N) is 1. The molecular weight excluding hydrogens is 495 g/mol. The summed E-state index contributed by atoms with van der Waals surface area (Å²) in [7, 11) is 0. The predicted octanol–water partition coefficient (Wildman–Crippen LogP) is 3.26. The molecule has 5 rings (SSSR count). The van der Waals surface area contributed by atoms with Crippen LogP contribution in [0.15, 0.2) is 29.1 Å². The van der Waals surface area contributed by atoms with Crippen LogP contribution in [0.4, 0.5) is 0 Å². The zero-order valence-corrected chi connectivity index (χ0v) is 18.8. The first-order valence-electron chi connectivity index (χ1n) is 9.65. The van der Waals surface area contributed by atoms with Crippen LogP contribution in [-0.2, 0) is 13.0 Å². The van der Waals surface area contributed by atoms with Crippen LogP contribution in [0.5, 0.6) is 5.75 Å². The second-order valence-corrected chi connectivity index (χ2v) is 9.31. The van der Waals surface area contributed by atoms with Gasteiger partial charge in [0.1, 0.15) is 41.2 Å². The average molecular weight is 514 g/mol. The second-order valence-electron chi connectivity index (χ2n) is 7.66. The van der Waals surface area contributed by atoms with Crippen LogP contribution in [0.3, 0.4) is 0 Å². The summed E-state index contributed by atoms with van der Waals surface area (Å²) in [6.45, 7) is 1.57. The number of benzene rings is 1. The molecule has 0 saturated heterocycles. The molecule has 7 nitrogen and oxygen atoms in total. The van der Waals surface area contributed by atoms with Gasteiger partial charge in [0.05, 0.1) is 11.4 Å². The minimum Gasteiger partial charge on any atom is -0.487 e. The first kappa shape index (κ1) is 20.5. The van der Waals surface area contributed by atoms with E-state index in [0.29, 0.717) is 39.9 Å². The fourth-order valence-electron chi connectivity index (χ4n) is 4.41. The van der Waals surface area contributed by atoms with Crippen LogP contribution < -0.4 is 10.1 Å². The van der Waals surface area contributed by atoms with Gasteiger partial charge in [-0.05, 0) is 46.6 Å². The number of aliphatic hydroxyl groups excluding tert-OH is 2. The Morgan fingerprint density at radius 2 is 2.03 bits per heavy atom. The molecule has 0 bridgehead atoms. The maximum Gasteiger partial charge on any atom is 0.146 e. The lowest BCUT2D eigenvalue weighted by Gasteiger charge is -2.24. The number of aliphatic hydroxyl groups is 2. The summed E-state index contributed by atoms with van der Waals surface area (Å²) in [6, 6.07) is 3.30. The molecule has 4 atom stereocenters. The number of hydrogen-bond acceptors (Lipinski definition) is 6. The van der Waals surface area contributed by atoms with Crippen molar-refractivity contribution in [3.05, 3.63) is 50.4 Å². The van der Waals surface area contributed by atoms with Crippen molar-refractivity contribution >= 4 is 50.2 Å². The van der Waals surface area contributed by atoms with Crippen molar-refractivity contribution in [2.75, 3.05) is 6.54 Å². The Balaban J connectivity index is 1.47. The van der Waals surface area contributed by atoms with Gasteiger partial charge in [-0.1, -0.05) is 23.2 Å². The molecule has 1 aromatic carbocycles. The van der Waals surface area contributed by atoms with Gasteiger partial charge in [-0.2, -0.15) is 0 Å². The lowest BCUT2D eigenvalue weighted by molar-refractivity contribution is -0.0166. The third-order valence-electron chi connectivity index (χ3n) is 5.89. The van der Waals surface area contributed by atoms with Gasteiger partial charge in [0.2, 0.25) is 0 Å². The smallest absolute Gasteiger partial charge is 0.146 e. The molecule has 1 aliphatic heterocycles. The van der Waals surface area contributed by atoms with Crippen LogP contribution in [0.25, 0.3) is 11.0 Å². The van der Waals surface area contributed by atoms with E-state index in [2.05, 4.69) is 31.2 Å². The van der Waals surface area contributed by atoms with Crippen molar-refractivity contribution in [3.8, 4) is 5.75 Å². The van der Waals surface area contributed by atoms with Crippen LogP contribution in [-0.4, -0.2) is 49.6 Å². The molecule has 10 heteroatoms. The first-order chi connectivity index (χ1) is 14.4. The van der Waals surface area contributed by atoms with E-state index in [1.807, 2.05) is 10.6 Å². The molecule has 3 N–H and O–H groups in total. The van der Waals surface area contributed by atoms with Crippen molar-refractivity contribution in [1.29, 1.82) is 0 Å². The molecule has 158 valence electrons. The number of aromatic nitrogens is 3. The van der Waals surface area contributed by atoms with Gasteiger partial charge >= 0.3 is 0 Å². The number of halogens is 3. The quantitative estimate of drug-likeness (QED) is 0.465. The molecule has 0 radical (unpaired) electrons. The van der Waals surface area contributed by atoms with Gasteiger partial charge in [0.25, 0.3) is 0 Å². The van der Waals surface area contributed by atoms with E-state index >= 15 is 0 Å². The molecule has 1 aliphatic carbocycles. The fourth-order valence-corrected chi connectivity index (χ4v) is 5.57. The monoisotopic (exact) mass is 512 g/mol. The zero-order chi connectivity index (χ0) is 21.0. The lowest BCUT2D eigenvalue weighted by Crippen LogP contribution is -2.34. The molecule has 1 fully saturated rings. The number of rotatable bonds is 3. The Morgan fingerprint density at radius 3 is 2.87 bits per heavy atom. The summed E-state index contributed by atoms with van der Waals surface area (Å²) < 4.78 is 8.76. The van der Waals surface area contributed by atoms with Gasteiger partial charge in [0.15, 0.2) is 0 Å². The Bertz CT molecular complexity index is 1130. The molecular formula is C20H19BrCl2N4O3. The Kier molecular flexibility index (Phi) is 5.41. The van der Waals surface area contributed by atoms with E-state index in [4.69, 9.17) is 27.9 Å². The highest BCUT2D eigenvalue weighted by atomic mass is 79.9. The minimum absolute atomic E-state index is 0.324. The molecule has 0 unspecified atom stereocenters. The van der Waals surface area contributed by atoms with Crippen LogP contribution in [0, 0.1) is 0 Å². The standard InChI is InChI=1S/C20H19BrCl2N4O3/c21-12-7-27(20-16(12)19(23)25-8-26-20)13-5-15(18(29)17(13)28)30-14-4-10(22)3-9-1-2-24-6-11(9)14/h3-4,7-8,13,15,17-18,24,28-29H,1-2,5-6H2/t13-,15+,17+,18-/m1/s1. The largest absolute Gasteiger partial charge is 0.487 e. The van der Waals surface area contributed by atoms with Crippen LogP contribution in [0.2, 0.25) is 10.2 Å². The SMILES string of the molecule is O[C@@H]1[C@H](O)[C@@H](Oc2cc(Cl)cc3c2CNCC3)C[C@H]1n1cc(Br)c2c(Cl)ncnc21.